The van der Waals surface area contributed by atoms with E-state index in [9.17, 15) is 0 Å². The number of nitrogens with zero attached hydrogens (tertiary/aromatic N) is 3. The number of anilines is 1. The molecule has 0 N–H and O–H groups in total. The number of thiazole rings is 1. The predicted molar refractivity (Wildman–Crippen MR) is 86.3 cm³/mol. The summed E-state index contributed by atoms with van der Waals surface area (Å²) < 4.78 is 1.23. The lowest BCUT2D eigenvalue weighted by atomic mass is 10.2. The fraction of sp³-hybridized carbons (Fsp3) is 0.462. The minimum absolute atomic E-state index is 0. The van der Waals surface area contributed by atoms with Crippen LogP contribution in [0.2, 0.25) is 5.02 Å². The van der Waals surface area contributed by atoms with Crippen LogP contribution in [0.25, 0.3) is 10.2 Å². The first-order valence-electron chi connectivity index (χ1n) is 6.14. The zero-order valence-electron chi connectivity index (χ0n) is 11.0. The molecule has 1 fully saturated rings. The molecular weight excluding hydrogens is 301 g/mol. The van der Waals surface area contributed by atoms with E-state index >= 15 is 0 Å². The van der Waals surface area contributed by atoms with E-state index in [1.54, 1.807) is 11.3 Å². The summed E-state index contributed by atoms with van der Waals surface area (Å²) in [4.78, 5) is 9.49. The van der Waals surface area contributed by atoms with Crippen molar-refractivity contribution in [3.63, 3.8) is 0 Å². The Balaban J connectivity index is 0.00000133. The molecule has 3 nitrogen and oxygen atoms in total. The summed E-state index contributed by atoms with van der Waals surface area (Å²) in [6.45, 7) is 6.37. The van der Waals surface area contributed by atoms with Crippen LogP contribution in [0.1, 0.15) is 5.56 Å². The molecule has 1 aromatic heterocycles. The van der Waals surface area contributed by atoms with E-state index in [1.807, 2.05) is 13.0 Å². The Morgan fingerprint density at radius 1 is 1.21 bits per heavy atom. The average molecular weight is 318 g/mol. The van der Waals surface area contributed by atoms with E-state index in [0.717, 1.165) is 47.4 Å². The molecule has 0 aliphatic carbocycles. The summed E-state index contributed by atoms with van der Waals surface area (Å²) >= 11 is 7.91. The Morgan fingerprint density at radius 2 is 1.89 bits per heavy atom. The maximum absolute atomic E-state index is 6.15. The third-order valence-electron chi connectivity index (χ3n) is 3.51. The standard InChI is InChI=1S/C13H16ClN3S.ClH/c1-9-10(14)3-4-11-12(9)15-13(18-11)17-7-5-16(2)6-8-17;/h3-4H,5-8H2,1-2H3;1H. The van der Waals surface area contributed by atoms with Crippen LogP contribution in [0.15, 0.2) is 12.1 Å². The van der Waals surface area contributed by atoms with E-state index in [-0.39, 0.29) is 12.4 Å². The van der Waals surface area contributed by atoms with Gasteiger partial charge in [0, 0.05) is 31.2 Å². The van der Waals surface area contributed by atoms with Gasteiger partial charge in [0.05, 0.1) is 10.2 Å². The molecule has 3 rings (SSSR count). The highest BCUT2D eigenvalue weighted by Crippen LogP contribution is 2.33. The molecular formula is C13H17Cl2N3S. The largest absolute Gasteiger partial charge is 0.345 e. The summed E-state index contributed by atoms with van der Waals surface area (Å²) in [7, 11) is 2.17. The Morgan fingerprint density at radius 3 is 2.58 bits per heavy atom. The molecule has 0 bridgehead atoms. The van der Waals surface area contributed by atoms with Gasteiger partial charge in [-0.2, -0.15) is 0 Å². The Kier molecular flexibility index (Phi) is 4.56. The van der Waals surface area contributed by atoms with E-state index in [4.69, 9.17) is 16.6 Å². The average Bonchev–Trinajstić information content (AvgIpc) is 2.80. The normalized spacial score (nSPS) is 16.7. The van der Waals surface area contributed by atoms with Crippen molar-refractivity contribution in [2.45, 2.75) is 6.92 Å². The number of aryl methyl sites for hydroxylation is 1. The SMILES string of the molecule is Cc1c(Cl)ccc2sc(N3CCN(C)CC3)nc12.Cl. The van der Waals surface area contributed by atoms with Crippen LogP contribution >= 0.6 is 35.3 Å². The number of fused-ring (bicyclic) bond motifs is 1. The van der Waals surface area contributed by atoms with Crippen LogP contribution in [-0.2, 0) is 0 Å². The van der Waals surface area contributed by atoms with Crippen LogP contribution < -0.4 is 4.90 Å². The molecule has 1 saturated heterocycles. The molecule has 0 radical (unpaired) electrons. The lowest BCUT2D eigenvalue weighted by Crippen LogP contribution is -2.44. The topological polar surface area (TPSA) is 19.4 Å². The third-order valence-corrected chi connectivity index (χ3v) is 5.00. The number of benzene rings is 1. The van der Waals surface area contributed by atoms with Gasteiger partial charge < -0.3 is 9.80 Å². The number of likely N-dealkylation sites (N-methyl/N-ethyl adjacent to an activating group) is 1. The highest BCUT2D eigenvalue weighted by Gasteiger charge is 2.18. The Hall–Kier alpha value is -0.550. The van der Waals surface area contributed by atoms with E-state index in [2.05, 4.69) is 22.9 Å². The molecule has 6 heteroatoms. The molecule has 2 aromatic rings. The van der Waals surface area contributed by atoms with E-state index in [0.29, 0.717) is 0 Å². The zero-order valence-corrected chi connectivity index (χ0v) is 13.4. The van der Waals surface area contributed by atoms with E-state index in [1.165, 1.54) is 4.70 Å². The molecule has 0 atom stereocenters. The fourth-order valence-electron chi connectivity index (χ4n) is 2.22. The van der Waals surface area contributed by atoms with Crippen LogP contribution in [0, 0.1) is 6.92 Å². The first-order chi connectivity index (χ1) is 8.65. The van der Waals surface area contributed by atoms with Gasteiger partial charge in [-0.3, -0.25) is 0 Å². The van der Waals surface area contributed by atoms with Crippen LogP contribution in [-0.4, -0.2) is 43.1 Å². The van der Waals surface area contributed by atoms with Crippen molar-refractivity contribution in [2.24, 2.45) is 0 Å². The number of halogens is 2. The number of aromatic nitrogens is 1. The smallest absolute Gasteiger partial charge is 0.186 e. The maximum atomic E-state index is 6.15. The quantitative estimate of drug-likeness (QED) is 0.803. The molecule has 0 spiro atoms. The minimum Gasteiger partial charge on any atom is -0.345 e. The van der Waals surface area contributed by atoms with Gasteiger partial charge in [0.25, 0.3) is 0 Å². The predicted octanol–water partition coefficient (Wildman–Crippen LogP) is 3.43. The molecule has 104 valence electrons. The van der Waals surface area contributed by atoms with Crippen LogP contribution in [0.4, 0.5) is 5.13 Å². The van der Waals surface area contributed by atoms with Crippen LogP contribution in [0.3, 0.4) is 0 Å². The highest BCUT2D eigenvalue weighted by atomic mass is 35.5. The molecule has 0 amide bonds. The first kappa shape index (κ1) is 14.9. The fourth-order valence-corrected chi connectivity index (χ4v) is 3.45. The van der Waals surface area contributed by atoms with Gasteiger partial charge in [-0.05, 0) is 31.7 Å². The minimum atomic E-state index is 0. The van der Waals surface area contributed by atoms with Crippen molar-refractivity contribution in [2.75, 3.05) is 38.1 Å². The van der Waals surface area contributed by atoms with Crippen molar-refractivity contribution in [1.82, 2.24) is 9.88 Å². The summed E-state index contributed by atoms with van der Waals surface area (Å²) in [5.74, 6) is 0. The van der Waals surface area contributed by atoms with Crippen molar-refractivity contribution < 1.29 is 0 Å². The van der Waals surface area contributed by atoms with Gasteiger partial charge in [-0.15, -0.1) is 12.4 Å². The lowest BCUT2D eigenvalue weighted by molar-refractivity contribution is 0.313. The second kappa shape index (κ2) is 5.83. The maximum Gasteiger partial charge on any atom is 0.186 e. The van der Waals surface area contributed by atoms with Crippen molar-refractivity contribution in [1.29, 1.82) is 0 Å². The molecule has 1 aliphatic heterocycles. The highest BCUT2D eigenvalue weighted by molar-refractivity contribution is 7.22. The zero-order chi connectivity index (χ0) is 12.7. The monoisotopic (exact) mass is 317 g/mol. The van der Waals surface area contributed by atoms with Gasteiger partial charge >= 0.3 is 0 Å². The summed E-state index contributed by atoms with van der Waals surface area (Å²) in [6.07, 6.45) is 0. The van der Waals surface area contributed by atoms with Gasteiger partial charge in [0.15, 0.2) is 5.13 Å². The number of hydrogen-bond acceptors (Lipinski definition) is 4. The Bertz CT molecular complexity index is 577. The summed E-state index contributed by atoms with van der Waals surface area (Å²) in [5.41, 5.74) is 2.15. The van der Waals surface area contributed by atoms with Crippen molar-refractivity contribution in [3.05, 3.63) is 22.7 Å². The van der Waals surface area contributed by atoms with Crippen molar-refractivity contribution in [3.8, 4) is 0 Å². The molecule has 0 saturated carbocycles. The molecule has 19 heavy (non-hydrogen) atoms. The second-order valence-electron chi connectivity index (χ2n) is 4.81. The molecule has 1 aromatic carbocycles. The number of hydrogen-bond donors (Lipinski definition) is 0. The van der Waals surface area contributed by atoms with Gasteiger partial charge in [-0.1, -0.05) is 22.9 Å². The molecule has 0 unspecified atom stereocenters. The van der Waals surface area contributed by atoms with Crippen LogP contribution in [0.5, 0.6) is 0 Å². The molecule has 2 heterocycles. The first-order valence-corrected chi connectivity index (χ1v) is 7.34. The summed E-state index contributed by atoms with van der Waals surface area (Å²) in [5, 5.41) is 1.93. The van der Waals surface area contributed by atoms with Gasteiger partial charge in [-0.25, -0.2) is 4.98 Å². The van der Waals surface area contributed by atoms with Crippen molar-refractivity contribution >= 4 is 50.7 Å². The van der Waals surface area contributed by atoms with Gasteiger partial charge in [0.1, 0.15) is 0 Å². The second-order valence-corrected chi connectivity index (χ2v) is 6.22. The summed E-state index contributed by atoms with van der Waals surface area (Å²) in [6, 6.07) is 4.03. The Labute approximate surface area is 128 Å². The third kappa shape index (κ3) is 2.82. The van der Waals surface area contributed by atoms with E-state index < -0.39 is 0 Å². The van der Waals surface area contributed by atoms with Gasteiger partial charge in [0.2, 0.25) is 0 Å². The molecule has 1 aliphatic rings. The number of piperazine rings is 1. The number of rotatable bonds is 1. The lowest BCUT2D eigenvalue weighted by Gasteiger charge is -2.32.